The Labute approximate surface area is 108 Å². The van der Waals surface area contributed by atoms with E-state index in [1.54, 1.807) is 11.8 Å². The fourth-order valence-electron chi connectivity index (χ4n) is 1.18. The lowest BCUT2D eigenvalue weighted by Gasteiger charge is -2.01. The van der Waals surface area contributed by atoms with Crippen LogP contribution in [0.1, 0.15) is 16.2 Å². The van der Waals surface area contributed by atoms with Gasteiger partial charge >= 0.3 is 0 Å². The Kier molecular flexibility index (Phi) is 4.12. The lowest BCUT2D eigenvalue weighted by atomic mass is 10.4. The highest BCUT2D eigenvalue weighted by molar-refractivity contribution is 7.98. The van der Waals surface area contributed by atoms with Gasteiger partial charge in [-0.05, 0) is 24.3 Å². The molecule has 0 atom stereocenters. The first kappa shape index (κ1) is 12.1. The van der Waals surface area contributed by atoms with Gasteiger partial charge in [-0.3, -0.25) is 4.79 Å². The van der Waals surface area contributed by atoms with Gasteiger partial charge in [0.05, 0.1) is 11.3 Å². The van der Waals surface area contributed by atoms with Crippen molar-refractivity contribution < 1.29 is 4.79 Å². The Morgan fingerprint density at radius 1 is 1.18 bits per heavy atom. The molecule has 0 spiro atoms. The van der Waals surface area contributed by atoms with E-state index in [0.717, 1.165) is 16.2 Å². The molecule has 1 aromatic heterocycles. The highest BCUT2D eigenvalue weighted by atomic mass is 35.5. The number of carbonyl (C=O) groups excluding carboxylic acids is 1. The number of thioether (sulfide) groups is 1. The molecule has 0 bridgehead atoms. The molecule has 17 heavy (non-hydrogen) atoms. The first-order chi connectivity index (χ1) is 8.28. The number of nitrogens with zero attached hydrogens (tertiary/aromatic N) is 2. The topological polar surface area (TPSA) is 42.9 Å². The molecule has 0 amide bonds. The summed E-state index contributed by atoms with van der Waals surface area (Å²) in [5, 5.41) is 0.723. The van der Waals surface area contributed by atoms with Crippen LogP contribution in [-0.4, -0.2) is 16.3 Å². The summed E-state index contributed by atoms with van der Waals surface area (Å²) in [5.41, 5.74) is 0.491. The van der Waals surface area contributed by atoms with Gasteiger partial charge in [0.1, 0.15) is 5.82 Å². The number of halogens is 1. The molecular formula is C12H9ClN2OS. The summed E-state index contributed by atoms with van der Waals surface area (Å²) >= 11 is 7.42. The predicted molar refractivity (Wildman–Crippen MR) is 68.4 cm³/mol. The number of aldehydes is 1. The Hall–Kier alpha value is -1.39. The molecule has 3 nitrogen and oxygen atoms in total. The van der Waals surface area contributed by atoms with E-state index in [1.165, 1.54) is 12.4 Å². The predicted octanol–water partition coefficient (Wildman–Crippen LogP) is 3.23. The van der Waals surface area contributed by atoms with Crippen molar-refractivity contribution in [3.05, 3.63) is 53.1 Å². The molecule has 0 unspecified atom stereocenters. The molecule has 0 fully saturated rings. The van der Waals surface area contributed by atoms with Crippen LogP contribution in [0.25, 0.3) is 0 Å². The zero-order valence-electron chi connectivity index (χ0n) is 8.84. The minimum absolute atomic E-state index is 0.491. The minimum atomic E-state index is 0.491. The van der Waals surface area contributed by atoms with Crippen LogP contribution in [0.5, 0.6) is 0 Å². The van der Waals surface area contributed by atoms with Crippen LogP contribution >= 0.6 is 23.4 Å². The fourth-order valence-corrected chi connectivity index (χ4v) is 2.08. The molecule has 2 aromatic rings. The summed E-state index contributed by atoms with van der Waals surface area (Å²) in [4.78, 5) is 19.7. The van der Waals surface area contributed by atoms with E-state index in [0.29, 0.717) is 17.1 Å². The minimum Gasteiger partial charge on any atom is -0.298 e. The zero-order valence-corrected chi connectivity index (χ0v) is 10.4. The number of hydrogen-bond donors (Lipinski definition) is 0. The van der Waals surface area contributed by atoms with Crippen LogP contribution in [-0.2, 0) is 5.75 Å². The van der Waals surface area contributed by atoms with Gasteiger partial charge in [0.2, 0.25) is 0 Å². The van der Waals surface area contributed by atoms with Crippen molar-refractivity contribution in [2.75, 3.05) is 0 Å². The smallest absolute Gasteiger partial charge is 0.153 e. The standard InChI is InChI=1S/C12H9ClN2OS/c13-10-1-3-11(4-2-10)17-8-12-14-5-9(7-16)6-15-12/h1-7H,8H2. The summed E-state index contributed by atoms with van der Waals surface area (Å²) in [6.07, 6.45) is 3.78. The van der Waals surface area contributed by atoms with Gasteiger partial charge in [0.25, 0.3) is 0 Å². The van der Waals surface area contributed by atoms with Gasteiger partial charge in [0.15, 0.2) is 6.29 Å². The number of hydrogen-bond acceptors (Lipinski definition) is 4. The van der Waals surface area contributed by atoms with E-state index in [9.17, 15) is 4.79 Å². The molecule has 1 aromatic carbocycles. The third-order valence-electron chi connectivity index (χ3n) is 2.04. The lowest BCUT2D eigenvalue weighted by molar-refractivity contribution is 0.112. The van der Waals surface area contributed by atoms with Crippen LogP contribution in [0.3, 0.4) is 0 Å². The second-order valence-corrected chi connectivity index (χ2v) is 4.78. The number of benzene rings is 1. The zero-order chi connectivity index (χ0) is 12.1. The van der Waals surface area contributed by atoms with Crippen LogP contribution < -0.4 is 0 Å². The Balaban J connectivity index is 1.97. The molecule has 0 N–H and O–H groups in total. The van der Waals surface area contributed by atoms with Gasteiger partial charge in [-0.15, -0.1) is 11.8 Å². The van der Waals surface area contributed by atoms with Gasteiger partial charge in [-0.1, -0.05) is 11.6 Å². The maximum atomic E-state index is 10.4. The fraction of sp³-hybridized carbons (Fsp3) is 0.0833. The maximum absolute atomic E-state index is 10.4. The summed E-state index contributed by atoms with van der Waals surface area (Å²) in [6, 6.07) is 7.60. The van der Waals surface area contributed by atoms with Gasteiger partial charge in [-0.2, -0.15) is 0 Å². The first-order valence-electron chi connectivity index (χ1n) is 4.92. The maximum Gasteiger partial charge on any atom is 0.153 e. The van der Waals surface area contributed by atoms with E-state index in [2.05, 4.69) is 9.97 Å². The molecule has 0 saturated heterocycles. The summed E-state index contributed by atoms with van der Waals surface area (Å²) in [7, 11) is 0. The monoisotopic (exact) mass is 264 g/mol. The number of rotatable bonds is 4. The normalized spacial score (nSPS) is 10.2. The first-order valence-corrected chi connectivity index (χ1v) is 6.29. The summed E-state index contributed by atoms with van der Waals surface area (Å²) in [5.74, 6) is 1.37. The van der Waals surface area contributed by atoms with E-state index in [1.807, 2.05) is 24.3 Å². The summed E-state index contributed by atoms with van der Waals surface area (Å²) in [6.45, 7) is 0. The van der Waals surface area contributed by atoms with Crippen LogP contribution in [0, 0.1) is 0 Å². The average Bonchev–Trinajstić information content (AvgIpc) is 2.39. The molecule has 86 valence electrons. The quantitative estimate of drug-likeness (QED) is 0.628. The van der Waals surface area contributed by atoms with E-state index < -0.39 is 0 Å². The Morgan fingerprint density at radius 3 is 2.41 bits per heavy atom. The third-order valence-corrected chi connectivity index (χ3v) is 3.30. The van der Waals surface area contributed by atoms with Crippen molar-refractivity contribution >= 4 is 29.6 Å². The van der Waals surface area contributed by atoms with Gasteiger partial charge in [-0.25, -0.2) is 9.97 Å². The highest BCUT2D eigenvalue weighted by Crippen LogP contribution is 2.22. The van der Waals surface area contributed by atoms with Gasteiger partial charge in [0, 0.05) is 22.3 Å². The SMILES string of the molecule is O=Cc1cnc(CSc2ccc(Cl)cc2)nc1. The van der Waals surface area contributed by atoms with Crippen LogP contribution in [0.4, 0.5) is 0 Å². The lowest BCUT2D eigenvalue weighted by Crippen LogP contribution is -1.93. The molecule has 5 heteroatoms. The molecule has 1 heterocycles. The second-order valence-electron chi connectivity index (χ2n) is 3.29. The van der Waals surface area contributed by atoms with Crippen LogP contribution in [0.15, 0.2) is 41.6 Å². The van der Waals surface area contributed by atoms with Crippen molar-refractivity contribution in [2.24, 2.45) is 0 Å². The van der Waals surface area contributed by atoms with E-state index in [-0.39, 0.29) is 0 Å². The molecule has 0 aliphatic rings. The van der Waals surface area contributed by atoms with Crippen LogP contribution in [0.2, 0.25) is 5.02 Å². The number of carbonyl (C=O) groups is 1. The van der Waals surface area contributed by atoms with Crippen molar-refractivity contribution in [1.29, 1.82) is 0 Å². The van der Waals surface area contributed by atoms with E-state index in [4.69, 9.17) is 11.6 Å². The summed E-state index contributed by atoms with van der Waals surface area (Å²) < 4.78 is 0. The third kappa shape index (κ3) is 3.54. The van der Waals surface area contributed by atoms with Crippen molar-refractivity contribution in [1.82, 2.24) is 9.97 Å². The number of aromatic nitrogens is 2. The molecule has 0 aliphatic carbocycles. The molecular weight excluding hydrogens is 256 g/mol. The van der Waals surface area contributed by atoms with Crippen molar-refractivity contribution in [3.63, 3.8) is 0 Å². The molecule has 0 saturated carbocycles. The molecule has 0 aliphatic heterocycles. The second kappa shape index (κ2) is 5.80. The van der Waals surface area contributed by atoms with E-state index >= 15 is 0 Å². The van der Waals surface area contributed by atoms with Gasteiger partial charge < -0.3 is 0 Å². The highest BCUT2D eigenvalue weighted by Gasteiger charge is 1.99. The largest absolute Gasteiger partial charge is 0.298 e. The Morgan fingerprint density at radius 2 is 1.82 bits per heavy atom. The average molecular weight is 265 g/mol. The van der Waals surface area contributed by atoms with Crippen molar-refractivity contribution in [3.8, 4) is 0 Å². The van der Waals surface area contributed by atoms with Crippen molar-refractivity contribution in [2.45, 2.75) is 10.6 Å². The molecule has 2 rings (SSSR count). The Bertz CT molecular complexity index is 499. The molecule has 0 radical (unpaired) electrons.